The molecule has 2 aliphatic rings. The molecule has 39 heavy (non-hydrogen) atoms. The molecule has 0 amide bonds. The van der Waals surface area contributed by atoms with Crippen LogP contribution in [0.1, 0.15) is 69.7 Å². The Morgan fingerprint density at radius 2 is 1.97 bits per heavy atom. The van der Waals surface area contributed by atoms with Crippen molar-refractivity contribution in [2.24, 2.45) is 5.92 Å². The average molecular weight is 586 g/mol. The molecule has 1 saturated heterocycles. The van der Waals surface area contributed by atoms with Crippen LogP contribution in [-0.4, -0.2) is 63.6 Å². The molecule has 0 spiro atoms. The standard InChI is InChI=1S/C27H41NO9P2/c1-6-8-9-13-21(7-2)18-33-39(5,32-17-12-16-28)37-25-20(3)34-24(26(25)30-4)19-31-38-35-23-15-11-10-14-22(23)27(29)36-38/h10-11,14-15,20-21,24-26H,5-9,12-13,17-19H2,1-4H3/t20-,21?,24+,25?,26-,38?,39?/m0/s1. The summed E-state index contributed by atoms with van der Waals surface area (Å²) in [6.07, 6.45) is 7.94. The average Bonchev–Trinajstić information content (AvgIpc) is 3.23. The van der Waals surface area contributed by atoms with Gasteiger partial charge in [-0.25, -0.2) is 4.79 Å². The summed E-state index contributed by atoms with van der Waals surface area (Å²) in [4.78, 5) is 12.3. The van der Waals surface area contributed by atoms with Crippen LogP contribution in [-0.2, 0) is 32.1 Å². The van der Waals surface area contributed by atoms with E-state index in [-0.39, 0.29) is 25.7 Å². The molecule has 0 radical (unpaired) electrons. The second-order valence-electron chi connectivity index (χ2n) is 9.55. The number of benzene rings is 1. The van der Waals surface area contributed by atoms with Crippen LogP contribution in [0.3, 0.4) is 0 Å². The smallest absolute Gasteiger partial charge is 0.417 e. The normalized spacial score (nSPS) is 26.6. The summed E-state index contributed by atoms with van der Waals surface area (Å²) in [5.74, 6) is 0.290. The van der Waals surface area contributed by atoms with Crippen molar-refractivity contribution in [3.05, 3.63) is 29.8 Å². The Morgan fingerprint density at radius 3 is 2.69 bits per heavy atom. The molecule has 1 fully saturated rings. The number of carbonyl (C=O) groups is 1. The molecular weight excluding hydrogens is 544 g/mol. The zero-order valence-corrected chi connectivity index (χ0v) is 25.1. The van der Waals surface area contributed by atoms with Gasteiger partial charge in [0.05, 0.1) is 38.4 Å². The van der Waals surface area contributed by atoms with Crippen molar-refractivity contribution in [1.82, 2.24) is 0 Å². The third kappa shape index (κ3) is 9.24. The lowest BCUT2D eigenvalue weighted by Crippen LogP contribution is -2.37. The van der Waals surface area contributed by atoms with Gasteiger partial charge in [0.25, 0.3) is 7.57 Å². The molecule has 0 bridgehead atoms. The Kier molecular flexibility index (Phi) is 13.2. The highest BCUT2D eigenvalue weighted by Gasteiger charge is 2.47. The van der Waals surface area contributed by atoms with Crippen LogP contribution < -0.4 is 4.52 Å². The van der Waals surface area contributed by atoms with Crippen LogP contribution in [0.5, 0.6) is 5.75 Å². The van der Waals surface area contributed by atoms with E-state index in [1.165, 1.54) is 6.42 Å². The van der Waals surface area contributed by atoms with Crippen molar-refractivity contribution in [3.63, 3.8) is 0 Å². The minimum Gasteiger partial charge on any atom is -0.417 e. The number of para-hydroxylation sites is 1. The number of nitriles is 1. The topological polar surface area (TPSA) is 115 Å². The molecule has 2 heterocycles. The minimum atomic E-state index is -3.05. The first-order valence-corrected chi connectivity index (χ1v) is 16.3. The van der Waals surface area contributed by atoms with E-state index in [9.17, 15) is 4.79 Å². The van der Waals surface area contributed by atoms with E-state index < -0.39 is 40.5 Å². The summed E-state index contributed by atoms with van der Waals surface area (Å²) in [6.45, 7) is 6.87. The number of fused-ring (bicyclic) bond motifs is 1. The maximum atomic E-state index is 12.3. The fraction of sp³-hybridized carbons (Fsp3) is 0.667. The highest BCUT2D eigenvalue weighted by molar-refractivity contribution is 7.59. The number of hydrogen-bond donors (Lipinski definition) is 0. The fourth-order valence-electron chi connectivity index (χ4n) is 4.41. The predicted octanol–water partition coefficient (Wildman–Crippen LogP) is 6.41. The Labute approximate surface area is 233 Å². The molecule has 4 unspecified atom stereocenters. The Bertz CT molecular complexity index is 1000. The monoisotopic (exact) mass is 585 g/mol. The van der Waals surface area contributed by atoms with E-state index in [4.69, 9.17) is 41.9 Å². The van der Waals surface area contributed by atoms with Crippen molar-refractivity contribution in [1.29, 1.82) is 5.26 Å². The van der Waals surface area contributed by atoms with Gasteiger partial charge in [-0.05, 0) is 37.7 Å². The Morgan fingerprint density at radius 1 is 1.18 bits per heavy atom. The van der Waals surface area contributed by atoms with E-state index in [0.717, 1.165) is 25.7 Å². The summed E-state index contributed by atoms with van der Waals surface area (Å²) in [5.41, 5.74) is 0.358. The molecule has 1 aromatic carbocycles. The van der Waals surface area contributed by atoms with Crippen LogP contribution >= 0.6 is 16.2 Å². The molecule has 0 aliphatic carbocycles. The highest BCUT2D eigenvalue weighted by atomic mass is 31.2. The van der Waals surface area contributed by atoms with Gasteiger partial charge in [0, 0.05) is 7.11 Å². The number of methoxy groups -OCH3 is 1. The van der Waals surface area contributed by atoms with Crippen LogP contribution in [0, 0.1) is 17.2 Å². The molecule has 0 saturated carbocycles. The first kappa shape index (κ1) is 32.0. The van der Waals surface area contributed by atoms with E-state index in [1.807, 2.05) is 6.92 Å². The lowest BCUT2D eigenvalue weighted by atomic mass is 10.00. The summed E-state index contributed by atoms with van der Waals surface area (Å²) < 4.78 is 47.3. The van der Waals surface area contributed by atoms with E-state index >= 15 is 0 Å². The van der Waals surface area contributed by atoms with Gasteiger partial charge in [-0.1, -0.05) is 51.7 Å². The van der Waals surface area contributed by atoms with Gasteiger partial charge in [-0.2, -0.15) is 5.26 Å². The van der Waals surface area contributed by atoms with E-state index in [0.29, 0.717) is 23.8 Å². The molecule has 7 atom stereocenters. The second-order valence-corrected chi connectivity index (χ2v) is 12.6. The zero-order chi connectivity index (χ0) is 28.3. The Hall–Kier alpha value is -1.53. The third-order valence-corrected chi connectivity index (χ3v) is 9.38. The summed E-state index contributed by atoms with van der Waals surface area (Å²) in [5, 5.41) is 9.00. The lowest BCUT2D eigenvalue weighted by Gasteiger charge is -2.31. The number of carbonyl (C=O) groups excluding carboxylic acids is 1. The molecular formula is C27H41NO9P2. The summed E-state index contributed by atoms with van der Waals surface area (Å²) in [6, 6.07) is 8.93. The number of hydrogen-bond acceptors (Lipinski definition) is 10. The molecule has 3 rings (SSSR count). The second kappa shape index (κ2) is 16.0. The third-order valence-electron chi connectivity index (χ3n) is 6.68. The van der Waals surface area contributed by atoms with Crippen molar-refractivity contribution >= 4 is 28.4 Å². The maximum absolute atomic E-state index is 12.3. The van der Waals surface area contributed by atoms with Gasteiger partial charge in [0.1, 0.15) is 29.6 Å². The van der Waals surface area contributed by atoms with Crippen molar-refractivity contribution in [2.75, 3.05) is 26.9 Å². The molecule has 10 nitrogen and oxygen atoms in total. The highest BCUT2D eigenvalue weighted by Crippen LogP contribution is 2.53. The predicted molar refractivity (Wildman–Crippen MR) is 149 cm³/mol. The zero-order valence-electron chi connectivity index (χ0n) is 23.3. The van der Waals surface area contributed by atoms with Gasteiger partial charge in [0.2, 0.25) is 0 Å². The molecule has 0 N–H and O–H groups in total. The molecule has 1 aromatic rings. The van der Waals surface area contributed by atoms with Crippen LogP contribution in [0.2, 0.25) is 0 Å². The summed E-state index contributed by atoms with van der Waals surface area (Å²) in [7, 11) is -3.42. The first-order chi connectivity index (χ1) is 18.8. The van der Waals surface area contributed by atoms with E-state index in [1.54, 1.807) is 31.4 Å². The van der Waals surface area contributed by atoms with E-state index in [2.05, 4.69) is 26.2 Å². The van der Waals surface area contributed by atoms with Gasteiger partial charge in [-0.15, -0.1) is 0 Å². The molecule has 12 heteroatoms. The van der Waals surface area contributed by atoms with Gasteiger partial charge >= 0.3 is 14.6 Å². The first-order valence-electron chi connectivity index (χ1n) is 13.5. The van der Waals surface area contributed by atoms with Gasteiger partial charge in [0.15, 0.2) is 0 Å². The number of ether oxygens (including phenoxy) is 2. The number of unbranched alkanes of at least 4 members (excludes halogenated alkanes) is 2. The molecule has 0 aromatic heterocycles. The van der Waals surface area contributed by atoms with Gasteiger partial charge in [-0.3, -0.25) is 4.52 Å². The van der Waals surface area contributed by atoms with Crippen LogP contribution in [0.15, 0.2) is 24.3 Å². The number of nitrogens with zero attached hydrogens (tertiary/aromatic N) is 1. The maximum Gasteiger partial charge on any atom is 0.465 e. The largest absolute Gasteiger partial charge is 0.465 e. The molecule has 2 aliphatic heterocycles. The fourth-order valence-corrected chi connectivity index (χ4v) is 7.04. The summed E-state index contributed by atoms with van der Waals surface area (Å²) >= 11 is 0. The molecule has 218 valence electrons. The van der Waals surface area contributed by atoms with Gasteiger partial charge < -0.3 is 32.1 Å². The minimum absolute atomic E-state index is 0.0535. The quantitative estimate of drug-likeness (QED) is 0.150. The number of rotatable bonds is 17. The Balaban J connectivity index is 1.62. The van der Waals surface area contributed by atoms with Crippen LogP contribution in [0.25, 0.3) is 0 Å². The lowest BCUT2D eigenvalue weighted by molar-refractivity contribution is -0.0314. The SMILES string of the molecule is C=P(OCCC#N)(OCC(CC)CCCCC)OC1[C@H](C)O[C@H](COP2OC(=O)c3ccccc3O2)[C@@H]1OC. The van der Waals surface area contributed by atoms with Crippen molar-refractivity contribution < 1.29 is 41.4 Å². The van der Waals surface area contributed by atoms with Crippen molar-refractivity contribution in [2.45, 2.75) is 83.7 Å². The van der Waals surface area contributed by atoms with Crippen LogP contribution in [0.4, 0.5) is 0 Å². The van der Waals surface area contributed by atoms with Crippen molar-refractivity contribution in [3.8, 4) is 11.8 Å².